The van der Waals surface area contributed by atoms with Crippen molar-refractivity contribution in [2.24, 2.45) is 10.9 Å². The summed E-state index contributed by atoms with van der Waals surface area (Å²) in [5.74, 6) is 3.67. The normalized spacial score (nSPS) is 11.3. The fourth-order valence-electron chi connectivity index (χ4n) is 2.63. The van der Waals surface area contributed by atoms with Crippen molar-refractivity contribution in [3.8, 4) is 5.75 Å². The highest BCUT2D eigenvalue weighted by atomic mass is 127. The topological polar surface area (TPSA) is 84.6 Å². The number of rotatable bonds is 10. The maximum absolute atomic E-state index is 6.02. The number of hydrogen-bond acceptors (Lipinski definition) is 5. The van der Waals surface area contributed by atoms with Gasteiger partial charge in [-0.15, -0.1) is 24.0 Å². The first-order chi connectivity index (χ1) is 13.5. The Bertz CT molecular complexity index is 761. The van der Waals surface area contributed by atoms with Gasteiger partial charge in [-0.25, -0.2) is 0 Å². The van der Waals surface area contributed by atoms with Crippen LogP contribution in [0.1, 0.15) is 49.5 Å². The van der Waals surface area contributed by atoms with Crippen molar-refractivity contribution >= 4 is 29.9 Å². The lowest BCUT2D eigenvalue weighted by atomic mass is 10.1. The van der Waals surface area contributed by atoms with Crippen LogP contribution in [0, 0.1) is 19.8 Å². The van der Waals surface area contributed by atoms with Gasteiger partial charge in [0, 0.05) is 32.1 Å². The molecule has 1 aromatic carbocycles. The van der Waals surface area contributed by atoms with Crippen LogP contribution < -0.4 is 15.4 Å². The molecule has 162 valence electrons. The molecule has 1 heterocycles. The van der Waals surface area contributed by atoms with E-state index in [1.165, 1.54) is 5.56 Å². The first-order valence-electron chi connectivity index (χ1n) is 9.94. The van der Waals surface area contributed by atoms with Crippen molar-refractivity contribution < 1.29 is 9.26 Å². The van der Waals surface area contributed by atoms with E-state index in [-0.39, 0.29) is 24.0 Å². The van der Waals surface area contributed by atoms with E-state index >= 15 is 0 Å². The molecule has 2 aromatic rings. The number of aromatic nitrogens is 2. The van der Waals surface area contributed by atoms with Gasteiger partial charge in [-0.2, -0.15) is 4.98 Å². The number of ether oxygens (including phenoxy) is 1. The molecule has 0 aliphatic rings. The molecule has 0 fully saturated rings. The van der Waals surface area contributed by atoms with Gasteiger partial charge in [-0.05, 0) is 44.2 Å². The number of hydrogen-bond donors (Lipinski definition) is 2. The van der Waals surface area contributed by atoms with Crippen molar-refractivity contribution in [2.45, 2.75) is 53.5 Å². The van der Waals surface area contributed by atoms with E-state index in [0.29, 0.717) is 24.2 Å². The zero-order valence-corrected chi connectivity index (χ0v) is 20.4. The van der Waals surface area contributed by atoms with Crippen LogP contribution in [-0.2, 0) is 13.0 Å². The van der Waals surface area contributed by atoms with E-state index in [1.54, 1.807) is 7.05 Å². The summed E-state index contributed by atoms with van der Waals surface area (Å²) >= 11 is 0. The van der Waals surface area contributed by atoms with Crippen LogP contribution in [-0.4, -0.2) is 36.3 Å². The van der Waals surface area contributed by atoms with Crippen molar-refractivity contribution in [2.75, 3.05) is 20.2 Å². The number of halogens is 1. The maximum Gasteiger partial charge on any atom is 0.226 e. The van der Waals surface area contributed by atoms with Gasteiger partial charge < -0.3 is 19.9 Å². The van der Waals surface area contributed by atoms with Crippen LogP contribution in [0.15, 0.2) is 27.7 Å². The lowest BCUT2D eigenvalue weighted by Crippen LogP contribution is -2.37. The lowest BCUT2D eigenvalue weighted by Gasteiger charge is -2.16. The Morgan fingerprint density at radius 2 is 2.03 bits per heavy atom. The van der Waals surface area contributed by atoms with E-state index in [1.807, 2.05) is 6.92 Å². The predicted octanol–water partition coefficient (Wildman–Crippen LogP) is 4.03. The quantitative estimate of drug-likeness (QED) is 0.215. The summed E-state index contributed by atoms with van der Waals surface area (Å²) < 4.78 is 11.1. The van der Waals surface area contributed by atoms with E-state index in [2.05, 4.69) is 64.7 Å². The Labute approximate surface area is 191 Å². The highest BCUT2D eigenvalue weighted by Gasteiger charge is 2.07. The van der Waals surface area contributed by atoms with Crippen LogP contribution in [0.4, 0.5) is 0 Å². The van der Waals surface area contributed by atoms with Gasteiger partial charge in [0.2, 0.25) is 5.89 Å². The SMILES string of the molecule is CN=C(NCCCc1nc(C)no1)NCc1ccc(C)cc1OCCC(C)C.I. The second-order valence-corrected chi connectivity index (χ2v) is 7.33. The zero-order chi connectivity index (χ0) is 20.4. The van der Waals surface area contributed by atoms with Crippen molar-refractivity contribution in [1.82, 2.24) is 20.8 Å². The summed E-state index contributed by atoms with van der Waals surface area (Å²) in [6.07, 6.45) is 2.68. The van der Waals surface area contributed by atoms with Gasteiger partial charge in [-0.1, -0.05) is 31.1 Å². The summed E-state index contributed by atoms with van der Waals surface area (Å²) in [5.41, 5.74) is 2.32. The zero-order valence-electron chi connectivity index (χ0n) is 18.1. The molecule has 1 aromatic heterocycles. The molecule has 0 atom stereocenters. The molecule has 0 saturated carbocycles. The van der Waals surface area contributed by atoms with Gasteiger partial charge in [0.05, 0.1) is 6.61 Å². The fourth-order valence-corrected chi connectivity index (χ4v) is 2.63. The third kappa shape index (κ3) is 9.47. The molecule has 0 radical (unpaired) electrons. The lowest BCUT2D eigenvalue weighted by molar-refractivity contribution is 0.286. The Hall–Kier alpha value is -1.84. The molecule has 0 spiro atoms. The number of nitrogens with one attached hydrogen (secondary N) is 2. The molecule has 2 N–H and O–H groups in total. The first kappa shape index (κ1) is 25.2. The summed E-state index contributed by atoms with van der Waals surface area (Å²) in [6, 6.07) is 6.31. The molecule has 0 unspecified atom stereocenters. The molecule has 29 heavy (non-hydrogen) atoms. The molecule has 8 heteroatoms. The molecule has 0 aliphatic heterocycles. The smallest absolute Gasteiger partial charge is 0.226 e. The van der Waals surface area contributed by atoms with E-state index in [4.69, 9.17) is 9.26 Å². The van der Waals surface area contributed by atoms with Gasteiger partial charge >= 0.3 is 0 Å². The minimum Gasteiger partial charge on any atom is -0.493 e. The molecule has 7 nitrogen and oxygen atoms in total. The Kier molecular flexibility index (Phi) is 11.6. The minimum absolute atomic E-state index is 0. The second kappa shape index (κ2) is 13.4. The summed E-state index contributed by atoms with van der Waals surface area (Å²) in [5, 5.41) is 10.5. The Morgan fingerprint density at radius 3 is 2.69 bits per heavy atom. The molecule has 0 aliphatic carbocycles. The number of guanidine groups is 1. The minimum atomic E-state index is 0. The number of nitrogens with zero attached hydrogens (tertiary/aromatic N) is 3. The largest absolute Gasteiger partial charge is 0.493 e. The molecule has 0 amide bonds. The molecular weight excluding hydrogens is 481 g/mol. The monoisotopic (exact) mass is 515 g/mol. The van der Waals surface area contributed by atoms with Crippen LogP contribution in [0.3, 0.4) is 0 Å². The summed E-state index contributed by atoms with van der Waals surface area (Å²) in [6.45, 7) is 10.5. The van der Waals surface area contributed by atoms with Crippen molar-refractivity contribution in [1.29, 1.82) is 0 Å². The Balaban J connectivity index is 0.00000420. The number of benzene rings is 1. The fraction of sp³-hybridized carbons (Fsp3) is 0.571. The molecule has 0 bridgehead atoms. The summed E-state index contributed by atoms with van der Waals surface area (Å²) in [7, 11) is 1.77. The second-order valence-electron chi connectivity index (χ2n) is 7.33. The van der Waals surface area contributed by atoms with Crippen LogP contribution >= 0.6 is 24.0 Å². The third-order valence-corrected chi connectivity index (χ3v) is 4.27. The van der Waals surface area contributed by atoms with Crippen LogP contribution in [0.2, 0.25) is 0 Å². The van der Waals surface area contributed by atoms with Gasteiger partial charge in [0.1, 0.15) is 5.75 Å². The highest BCUT2D eigenvalue weighted by Crippen LogP contribution is 2.21. The Morgan fingerprint density at radius 1 is 1.24 bits per heavy atom. The third-order valence-electron chi connectivity index (χ3n) is 4.27. The van der Waals surface area contributed by atoms with Gasteiger partial charge in [0.15, 0.2) is 11.8 Å². The van der Waals surface area contributed by atoms with Gasteiger partial charge in [-0.3, -0.25) is 4.99 Å². The predicted molar refractivity (Wildman–Crippen MR) is 127 cm³/mol. The molecular formula is C21H34IN5O2. The molecule has 2 rings (SSSR count). The van der Waals surface area contributed by atoms with E-state index in [0.717, 1.165) is 49.7 Å². The standard InChI is InChI=1S/C21H33N5O2.HI/c1-15(2)10-12-27-19-13-16(3)8-9-18(19)14-24-21(22-5)23-11-6-7-20-25-17(4)26-28-20;/h8-9,13,15H,6-7,10-12,14H2,1-5H3,(H2,22,23,24);1H. The average Bonchev–Trinajstić information content (AvgIpc) is 3.07. The number of aliphatic imine (C=N–C) groups is 1. The molecule has 0 saturated heterocycles. The van der Waals surface area contributed by atoms with Crippen molar-refractivity contribution in [3.05, 3.63) is 41.0 Å². The van der Waals surface area contributed by atoms with Gasteiger partial charge in [0.25, 0.3) is 0 Å². The summed E-state index contributed by atoms with van der Waals surface area (Å²) in [4.78, 5) is 8.50. The number of aryl methyl sites for hydroxylation is 3. The first-order valence-corrected chi connectivity index (χ1v) is 9.94. The van der Waals surface area contributed by atoms with E-state index < -0.39 is 0 Å². The van der Waals surface area contributed by atoms with Crippen molar-refractivity contribution in [3.63, 3.8) is 0 Å². The van der Waals surface area contributed by atoms with E-state index in [9.17, 15) is 0 Å². The maximum atomic E-state index is 6.02. The van der Waals surface area contributed by atoms with Crippen LogP contribution in [0.25, 0.3) is 0 Å². The highest BCUT2D eigenvalue weighted by molar-refractivity contribution is 14.0. The average molecular weight is 515 g/mol. The van der Waals surface area contributed by atoms with Crippen LogP contribution in [0.5, 0.6) is 5.75 Å².